The summed E-state index contributed by atoms with van der Waals surface area (Å²) in [7, 11) is 0. The molecule has 0 bridgehead atoms. The minimum atomic E-state index is 0.693. The van der Waals surface area contributed by atoms with Gasteiger partial charge in [-0.1, -0.05) is 6.42 Å². The SMILES string of the molecule is Cc1cc(Br)cnc1NCC1CCCC1CN. The van der Waals surface area contributed by atoms with Crippen LogP contribution in [0.1, 0.15) is 24.8 Å². The topological polar surface area (TPSA) is 50.9 Å². The number of aryl methyl sites for hydroxylation is 1. The van der Waals surface area contributed by atoms with Gasteiger partial charge in [-0.25, -0.2) is 4.98 Å². The van der Waals surface area contributed by atoms with Crippen molar-refractivity contribution in [2.24, 2.45) is 17.6 Å². The van der Waals surface area contributed by atoms with E-state index in [0.29, 0.717) is 11.8 Å². The van der Waals surface area contributed by atoms with Gasteiger partial charge in [0.25, 0.3) is 0 Å². The molecule has 1 aliphatic rings. The van der Waals surface area contributed by atoms with E-state index in [2.05, 4.69) is 39.2 Å². The van der Waals surface area contributed by atoms with Crippen molar-refractivity contribution in [1.82, 2.24) is 4.98 Å². The van der Waals surface area contributed by atoms with Gasteiger partial charge in [0.1, 0.15) is 5.82 Å². The highest BCUT2D eigenvalue weighted by Crippen LogP contribution is 2.31. The van der Waals surface area contributed by atoms with Gasteiger partial charge < -0.3 is 11.1 Å². The Kier molecular flexibility index (Phi) is 4.40. The summed E-state index contributed by atoms with van der Waals surface area (Å²) in [5.41, 5.74) is 6.98. The quantitative estimate of drug-likeness (QED) is 0.898. The summed E-state index contributed by atoms with van der Waals surface area (Å²) in [6.45, 7) is 3.89. The van der Waals surface area contributed by atoms with E-state index >= 15 is 0 Å². The van der Waals surface area contributed by atoms with Crippen LogP contribution in [0.15, 0.2) is 16.7 Å². The van der Waals surface area contributed by atoms with Gasteiger partial charge in [0.2, 0.25) is 0 Å². The zero-order valence-electron chi connectivity index (χ0n) is 10.2. The third kappa shape index (κ3) is 3.19. The summed E-state index contributed by atoms with van der Waals surface area (Å²) in [6, 6.07) is 2.09. The van der Waals surface area contributed by atoms with Crippen molar-refractivity contribution in [2.45, 2.75) is 26.2 Å². The highest BCUT2D eigenvalue weighted by atomic mass is 79.9. The first-order valence-electron chi connectivity index (χ1n) is 6.26. The third-order valence-corrected chi connectivity index (χ3v) is 4.13. The fraction of sp³-hybridized carbons (Fsp3) is 0.615. The Labute approximate surface area is 111 Å². The van der Waals surface area contributed by atoms with Crippen LogP contribution in [-0.4, -0.2) is 18.1 Å². The number of hydrogen-bond donors (Lipinski definition) is 2. The van der Waals surface area contributed by atoms with Crippen LogP contribution in [0.4, 0.5) is 5.82 Å². The van der Waals surface area contributed by atoms with Gasteiger partial charge in [0, 0.05) is 17.2 Å². The molecule has 3 N–H and O–H groups in total. The van der Waals surface area contributed by atoms with Gasteiger partial charge in [0.15, 0.2) is 0 Å². The van der Waals surface area contributed by atoms with Crippen molar-refractivity contribution in [3.8, 4) is 0 Å². The predicted octanol–water partition coefficient (Wildman–Crippen LogP) is 2.94. The molecule has 0 saturated heterocycles. The van der Waals surface area contributed by atoms with E-state index in [0.717, 1.165) is 23.4 Å². The van der Waals surface area contributed by atoms with Crippen LogP contribution in [0.3, 0.4) is 0 Å². The average Bonchev–Trinajstić information content (AvgIpc) is 2.75. The molecule has 2 unspecified atom stereocenters. The lowest BCUT2D eigenvalue weighted by Crippen LogP contribution is -2.24. The third-order valence-electron chi connectivity index (χ3n) is 3.70. The fourth-order valence-corrected chi connectivity index (χ4v) is 3.09. The zero-order valence-corrected chi connectivity index (χ0v) is 11.8. The monoisotopic (exact) mass is 297 g/mol. The van der Waals surface area contributed by atoms with Crippen LogP contribution in [0, 0.1) is 18.8 Å². The summed E-state index contributed by atoms with van der Waals surface area (Å²) >= 11 is 3.43. The molecule has 1 saturated carbocycles. The Morgan fingerprint density at radius 2 is 2.24 bits per heavy atom. The molecule has 1 heterocycles. The standard InChI is InChI=1S/C13H20BrN3/c1-9-5-12(14)8-17-13(9)16-7-11-4-2-3-10(11)6-15/h5,8,10-11H,2-4,6-7,15H2,1H3,(H,16,17). The molecule has 17 heavy (non-hydrogen) atoms. The maximum absolute atomic E-state index is 5.79. The number of nitrogens with zero attached hydrogens (tertiary/aromatic N) is 1. The average molecular weight is 298 g/mol. The molecule has 0 aromatic carbocycles. The molecule has 0 aliphatic heterocycles. The molecular formula is C13H20BrN3. The van der Waals surface area contributed by atoms with E-state index in [1.807, 2.05) is 6.20 Å². The lowest BCUT2D eigenvalue weighted by molar-refractivity contribution is 0.414. The van der Waals surface area contributed by atoms with Crippen LogP contribution in [-0.2, 0) is 0 Å². The van der Waals surface area contributed by atoms with Gasteiger partial charge in [-0.15, -0.1) is 0 Å². The number of hydrogen-bond acceptors (Lipinski definition) is 3. The van der Waals surface area contributed by atoms with Crippen LogP contribution in [0.2, 0.25) is 0 Å². The summed E-state index contributed by atoms with van der Waals surface area (Å²) in [4.78, 5) is 4.40. The number of nitrogens with two attached hydrogens (primary N) is 1. The van der Waals surface area contributed by atoms with Crippen molar-refractivity contribution in [3.05, 3.63) is 22.3 Å². The van der Waals surface area contributed by atoms with Crippen LogP contribution in [0.25, 0.3) is 0 Å². The molecule has 0 spiro atoms. The summed E-state index contributed by atoms with van der Waals surface area (Å²) in [5.74, 6) is 2.40. The van der Waals surface area contributed by atoms with E-state index in [9.17, 15) is 0 Å². The lowest BCUT2D eigenvalue weighted by Gasteiger charge is -2.19. The zero-order chi connectivity index (χ0) is 12.3. The van der Waals surface area contributed by atoms with E-state index in [1.54, 1.807) is 0 Å². The molecule has 1 aromatic rings. The first-order valence-corrected chi connectivity index (χ1v) is 7.06. The second-order valence-corrected chi connectivity index (χ2v) is 5.80. The van der Waals surface area contributed by atoms with Crippen LogP contribution in [0.5, 0.6) is 0 Å². The Balaban J connectivity index is 1.93. The largest absolute Gasteiger partial charge is 0.370 e. The minimum absolute atomic E-state index is 0.693. The Hall–Kier alpha value is -0.610. The number of nitrogens with one attached hydrogen (secondary N) is 1. The van der Waals surface area contributed by atoms with Crippen LogP contribution >= 0.6 is 15.9 Å². The molecule has 1 aliphatic carbocycles. The van der Waals surface area contributed by atoms with Crippen molar-refractivity contribution >= 4 is 21.7 Å². The van der Waals surface area contributed by atoms with E-state index in [4.69, 9.17) is 5.73 Å². The maximum Gasteiger partial charge on any atom is 0.128 e. The fourth-order valence-electron chi connectivity index (χ4n) is 2.65. The Morgan fingerprint density at radius 3 is 2.94 bits per heavy atom. The molecule has 0 radical (unpaired) electrons. The second-order valence-electron chi connectivity index (χ2n) is 4.89. The van der Waals surface area contributed by atoms with Crippen molar-refractivity contribution in [3.63, 3.8) is 0 Å². The first kappa shape index (κ1) is 12.8. The normalized spacial score (nSPS) is 23.9. The Bertz CT molecular complexity index is 381. The second kappa shape index (κ2) is 5.83. The smallest absolute Gasteiger partial charge is 0.128 e. The molecule has 1 fully saturated rings. The first-order chi connectivity index (χ1) is 8.20. The molecule has 1 aromatic heterocycles. The van der Waals surface area contributed by atoms with Gasteiger partial charge in [-0.2, -0.15) is 0 Å². The number of halogens is 1. The van der Waals surface area contributed by atoms with Crippen molar-refractivity contribution in [2.75, 3.05) is 18.4 Å². The van der Waals surface area contributed by atoms with Crippen molar-refractivity contribution in [1.29, 1.82) is 0 Å². The highest BCUT2D eigenvalue weighted by molar-refractivity contribution is 9.10. The highest BCUT2D eigenvalue weighted by Gasteiger charge is 2.25. The Morgan fingerprint density at radius 1 is 1.47 bits per heavy atom. The van der Waals surface area contributed by atoms with E-state index < -0.39 is 0 Å². The van der Waals surface area contributed by atoms with Gasteiger partial charge >= 0.3 is 0 Å². The van der Waals surface area contributed by atoms with Crippen molar-refractivity contribution < 1.29 is 0 Å². The summed E-state index contributed by atoms with van der Waals surface area (Å²) < 4.78 is 1.03. The maximum atomic E-state index is 5.79. The number of aromatic nitrogens is 1. The van der Waals surface area contributed by atoms with Crippen LogP contribution < -0.4 is 11.1 Å². The molecule has 2 rings (SSSR count). The van der Waals surface area contributed by atoms with E-state index in [1.165, 1.54) is 24.8 Å². The van der Waals surface area contributed by atoms with E-state index in [-0.39, 0.29) is 0 Å². The van der Waals surface area contributed by atoms with Gasteiger partial charge in [-0.3, -0.25) is 0 Å². The molecule has 2 atom stereocenters. The molecule has 94 valence electrons. The minimum Gasteiger partial charge on any atom is -0.370 e. The molecule has 0 amide bonds. The van der Waals surface area contributed by atoms with Gasteiger partial charge in [0.05, 0.1) is 0 Å². The van der Waals surface area contributed by atoms with Gasteiger partial charge in [-0.05, 0) is 65.7 Å². The number of rotatable bonds is 4. The number of pyridine rings is 1. The molecular weight excluding hydrogens is 278 g/mol. The molecule has 3 nitrogen and oxygen atoms in total. The lowest BCUT2D eigenvalue weighted by atomic mass is 9.96. The predicted molar refractivity (Wildman–Crippen MR) is 75.0 cm³/mol. The molecule has 4 heteroatoms. The number of anilines is 1. The summed E-state index contributed by atoms with van der Waals surface area (Å²) in [5, 5.41) is 3.46. The summed E-state index contributed by atoms with van der Waals surface area (Å²) in [6.07, 6.45) is 5.74.